The molecular formula is C18H27BrClN. The van der Waals surface area contributed by atoms with E-state index in [4.69, 9.17) is 11.6 Å². The highest BCUT2D eigenvalue weighted by molar-refractivity contribution is 9.10. The molecule has 1 nitrogen and oxygen atoms in total. The Morgan fingerprint density at radius 3 is 2.48 bits per heavy atom. The molecule has 0 spiro atoms. The van der Waals surface area contributed by atoms with Crippen molar-refractivity contribution in [1.82, 2.24) is 5.32 Å². The van der Waals surface area contributed by atoms with E-state index >= 15 is 0 Å². The van der Waals surface area contributed by atoms with Gasteiger partial charge in [0.25, 0.3) is 0 Å². The summed E-state index contributed by atoms with van der Waals surface area (Å²) in [5.74, 6) is 2.37. The van der Waals surface area contributed by atoms with Crippen LogP contribution in [0.2, 0.25) is 5.02 Å². The molecule has 0 amide bonds. The fourth-order valence-corrected chi connectivity index (χ4v) is 4.28. The number of rotatable bonds is 5. The van der Waals surface area contributed by atoms with Crippen molar-refractivity contribution in [2.24, 2.45) is 17.8 Å². The summed E-state index contributed by atoms with van der Waals surface area (Å²) in [5, 5.41) is 4.58. The molecule has 1 aliphatic rings. The first kappa shape index (κ1) is 17.3. The Bertz CT molecular complexity index is 453. The lowest BCUT2D eigenvalue weighted by Crippen LogP contribution is -2.33. The maximum absolute atomic E-state index is 6.31. The highest BCUT2D eigenvalue weighted by Gasteiger charge is 2.30. The Morgan fingerprint density at radius 2 is 1.90 bits per heavy atom. The molecular weight excluding hydrogens is 346 g/mol. The van der Waals surface area contributed by atoms with Crippen molar-refractivity contribution < 1.29 is 0 Å². The zero-order valence-corrected chi connectivity index (χ0v) is 15.7. The minimum atomic E-state index is 0.431. The van der Waals surface area contributed by atoms with Gasteiger partial charge in [-0.15, -0.1) is 0 Å². The van der Waals surface area contributed by atoms with Gasteiger partial charge in [-0.25, -0.2) is 0 Å². The van der Waals surface area contributed by atoms with Crippen molar-refractivity contribution in [2.75, 3.05) is 6.54 Å². The van der Waals surface area contributed by atoms with Crippen molar-refractivity contribution in [3.05, 3.63) is 33.3 Å². The van der Waals surface area contributed by atoms with Gasteiger partial charge in [0.15, 0.2) is 0 Å². The average Bonchev–Trinajstić information content (AvgIpc) is 2.42. The molecule has 1 saturated carbocycles. The monoisotopic (exact) mass is 371 g/mol. The zero-order valence-electron chi connectivity index (χ0n) is 13.3. The molecule has 3 atom stereocenters. The highest BCUT2D eigenvalue weighted by atomic mass is 79.9. The van der Waals surface area contributed by atoms with E-state index in [1.807, 2.05) is 0 Å². The second-order valence-electron chi connectivity index (χ2n) is 6.78. The van der Waals surface area contributed by atoms with E-state index in [9.17, 15) is 0 Å². The van der Waals surface area contributed by atoms with E-state index in [0.29, 0.717) is 12.0 Å². The normalized spacial score (nSPS) is 27.6. The van der Waals surface area contributed by atoms with E-state index in [0.717, 1.165) is 27.9 Å². The van der Waals surface area contributed by atoms with Crippen molar-refractivity contribution >= 4 is 27.5 Å². The first-order valence-electron chi connectivity index (χ1n) is 8.19. The molecule has 1 aromatic carbocycles. The van der Waals surface area contributed by atoms with E-state index < -0.39 is 0 Å². The molecule has 2 rings (SSSR count). The van der Waals surface area contributed by atoms with E-state index in [1.54, 1.807) is 0 Å². The number of hydrogen-bond donors (Lipinski definition) is 1. The molecule has 1 aliphatic carbocycles. The van der Waals surface area contributed by atoms with E-state index in [2.05, 4.69) is 60.2 Å². The predicted octanol–water partition coefficient (Wildman–Crippen LogP) is 6.22. The predicted molar refractivity (Wildman–Crippen MR) is 95.9 cm³/mol. The van der Waals surface area contributed by atoms with E-state index in [-0.39, 0.29) is 0 Å². The SMILES string of the molecule is CCCNC(c1ccc(Br)c(Cl)c1)C1CC(C)CC(C)C1. The smallest absolute Gasteiger partial charge is 0.0551 e. The summed E-state index contributed by atoms with van der Waals surface area (Å²) in [6.07, 6.45) is 5.18. The van der Waals surface area contributed by atoms with Crippen LogP contribution in [0.25, 0.3) is 0 Å². The maximum Gasteiger partial charge on any atom is 0.0551 e. The van der Waals surface area contributed by atoms with Gasteiger partial charge in [-0.3, -0.25) is 0 Å². The molecule has 0 bridgehead atoms. The third-order valence-corrected chi connectivity index (χ3v) is 5.84. The molecule has 0 aromatic heterocycles. The van der Waals surface area contributed by atoms with Crippen LogP contribution in [0, 0.1) is 17.8 Å². The van der Waals surface area contributed by atoms with Crippen LogP contribution in [0.4, 0.5) is 0 Å². The van der Waals surface area contributed by atoms with Crippen molar-refractivity contribution in [1.29, 1.82) is 0 Å². The lowest BCUT2D eigenvalue weighted by Gasteiger charge is -2.37. The van der Waals surface area contributed by atoms with Crippen LogP contribution in [0.3, 0.4) is 0 Å². The van der Waals surface area contributed by atoms with Crippen LogP contribution >= 0.6 is 27.5 Å². The molecule has 3 unspecified atom stereocenters. The Morgan fingerprint density at radius 1 is 1.24 bits per heavy atom. The summed E-state index contributed by atoms with van der Waals surface area (Å²) in [6.45, 7) is 8.09. The van der Waals surface area contributed by atoms with Crippen LogP contribution in [-0.4, -0.2) is 6.54 Å². The van der Waals surface area contributed by atoms with Gasteiger partial charge in [-0.05, 0) is 83.6 Å². The lowest BCUT2D eigenvalue weighted by molar-refractivity contribution is 0.176. The first-order chi connectivity index (χ1) is 10.0. The molecule has 21 heavy (non-hydrogen) atoms. The molecule has 0 aliphatic heterocycles. The number of benzene rings is 1. The van der Waals surface area contributed by atoms with Crippen molar-refractivity contribution in [3.8, 4) is 0 Å². The van der Waals surface area contributed by atoms with Crippen LogP contribution in [0.15, 0.2) is 22.7 Å². The Hall–Kier alpha value is -0.0500. The van der Waals surface area contributed by atoms with Gasteiger partial charge >= 0.3 is 0 Å². The second kappa shape index (κ2) is 7.99. The van der Waals surface area contributed by atoms with Crippen molar-refractivity contribution in [2.45, 2.75) is 52.5 Å². The number of hydrogen-bond acceptors (Lipinski definition) is 1. The molecule has 3 heteroatoms. The van der Waals surface area contributed by atoms with Gasteiger partial charge in [0.2, 0.25) is 0 Å². The summed E-state index contributed by atoms with van der Waals surface area (Å²) >= 11 is 9.81. The molecule has 0 heterocycles. The summed E-state index contributed by atoms with van der Waals surface area (Å²) in [6, 6.07) is 6.85. The third kappa shape index (κ3) is 4.71. The summed E-state index contributed by atoms with van der Waals surface area (Å²) in [5.41, 5.74) is 1.34. The van der Waals surface area contributed by atoms with Gasteiger partial charge in [0.1, 0.15) is 0 Å². The summed E-state index contributed by atoms with van der Waals surface area (Å²) < 4.78 is 0.979. The molecule has 0 radical (unpaired) electrons. The molecule has 1 fully saturated rings. The van der Waals surface area contributed by atoms with Gasteiger partial charge in [-0.1, -0.05) is 38.4 Å². The minimum Gasteiger partial charge on any atom is -0.310 e. The van der Waals surface area contributed by atoms with Crippen LogP contribution in [0.5, 0.6) is 0 Å². The van der Waals surface area contributed by atoms with Crippen LogP contribution in [-0.2, 0) is 0 Å². The molecule has 0 saturated heterocycles. The van der Waals surface area contributed by atoms with Gasteiger partial charge < -0.3 is 5.32 Å². The molecule has 1 N–H and O–H groups in total. The van der Waals surface area contributed by atoms with Crippen molar-refractivity contribution in [3.63, 3.8) is 0 Å². The average molecular weight is 373 g/mol. The third-order valence-electron chi connectivity index (χ3n) is 4.60. The van der Waals surface area contributed by atoms with Gasteiger partial charge in [-0.2, -0.15) is 0 Å². The number of nitrogens with one attached hydrogen (secondary N) is 1. The molecule has 1 aromatic rings. The fraction of sp³-hybridized carbons (Fsp3) is 0.667. The Balaban J connectivity index is 2.22. The zero-order chi connectivity index (χ0) is 15.4. The topological polar surface area (TPSA) is 12.0 Å². The highest BCUT2D eigenvalue weighted by Crippen LogP contribution is 2.40. The standard InChI is InChI=1S/C18H27BrClN/c1-4-7-21-18(14-5-6-16(19)17(20)11-14)15-9-12(2)8-13(3)10-15/h5-6,11-13,15,18,21H,4,7-10H2,1-3H3. The van der Waals surface area contributed by atoms with Gasteiger partial charge in [0.05, 0.1) is 5.02 Å². The van der Waals surface area contributed by atoms with Crippen LogP contribution < -0.4 is 5.32 Å². The summed E-state index contributed by atoms with van der Waals surface area (Å²) in [4.78, 5) is 0. The summed E-state index contributed by atoms with van der Waals surface area (Å²) in [7, 11) is 0. The Labute approximate surface area is 143 Å². The Kier molecular flexibility index (Phi) is 6.58. The van der Waals surface area contributed by atoms with Crippen LogP contribution in [0.1, 0.15) is 58.1 Å². The van der Waals surface area contributed by atoms with Gasteiger partial charge in [0, 0.05) is 10.5 Å². The second-order valence-corrected chi connectivity index (χ2v) is 8.04. The van der Waals surface area contributed by atoms with E-state index in [1.165, 1.54) is 31.2 Å². The molecule has 118 valence electrons. The quantitative estimate of drug-likeness (QED) is 0.647. The fourth-order valence-electron chi connectivity index (χ4n) is 3.84. The first-order valence-corrected chi connectivity index (χ1v) is 9.36. The number of halogens is 2. The largest absolute Gasteiger partial charge is 0.310 e. The minimum absolute atomic E-state index is 0.431. The lowest BCUT2D eigenvalue weighted by atomic mass is 9.72. The maximum atomic E-state index is 6.31.